The third kappa shape index (κ3) is 2.27. The molecule has 0 spiro atoms. The summed E-state index contributed by atoms with van der Waals surface area (Å²) in [6.45, 7) is 0.765. The molecule has 1 aliphatic heterocycles. The molecule has 2 atom stereocenters. The van der Waals surface area contributed by atoms with E-state index in [1.54, 1.807) is 0 Å². The molecule has 0 unspecified atom stereocenters. The Morgan fingerprint density at radius 3 is 3.00 bits per heavy atom. The number of amides is 3. The van der Waals surface area contributed by atoms with Crippen LogP contribution in [0.25, 0.3) is 0 Å². The van der Waals surface area contributed by atoms with Crippen LogP contribution >= 0.6 is 0 Å². The number of carbonyl (C=O) groups is 2. The molecule has 0 radical (unpaired) electrons. The van der Waals surface area contributed by atoms with Crippen LogP contribution in [-0.2, 0) is 0 Å². The Kier molecular flexibility index (Phi) is 3.10. The van der Waals surface area contributed by atoms with E-state index < -0.39 is 5.91 Å². The lowest BCUT2D eigenvalue weighted by Gasteiger charge is -2.24. The van der Waals surface area contributed by atoms with Crippen LogP contribution in [0.2, 0.25) is 0 Å². The van der Waals surface area contributed by atoms with Crippen molar-refractivity contribution in [3.63, 3.8) is 0 Å². The summed E-state index contributed by atoms with van der Waals surface area (Å²) in [5.41, 5.74) is 4.91. The average Bonchev–Trinajstić information content (AvgIpc) is 3.10. The van der Waals surface area contributed by atoms with Gasteiger partial charge >= 0.3 is 6.03 Å². The van der Waals surface area contributed by atoms with Crippen LogP contribution < -0.4 is 10.9 Å². The first-order valence-corrected chi connectivity index (χ1v) is 6.53. The number of nitrogens with one attached hydrogen (secondary N) is 2. The Labute approximate surface area is 110 Å². The van der Waals surface area contributed by atoms with Crippen molar-refractivity contribution in [3.05, 3.63) is 18.0 Å². The summed E-state index contributed by atoms with van der Waals surface area (Å²) in [4.78, 5) is 25.4. The molecular formula is C12H16N4O3. The van der Waals surface area contributed by atoms with Crippen molar-refractivity contribution < 1.29 is 14.1 Å². The van der Waals surface area contributed by atoms with Crippen molar-refractivity contribution in [3.8, 4) is 0 Å². The van der Waals surface area contributed by atoms with Crippen molar-refractivity contribution >= 4 is 11.9 Å². The Morgan fingerprint density at radius 2 is 2.21 bits per heavy atom. The maximum absolute atomic E-state index is 12.0. The minimum atomic E-state index is -0.482. The molecule has 7 heteroatoms. The number of hydrogen-bond acceptors (Lipinski definition) is 4. The number of nitrogens with zero attached hydrogens (tertiary/aromatic N) is 2. The number of hydrogen-bond donors (Lipinski definition) is 2. The highest BCUT2D eigenvalue weighted by Crippen LogP contribution is 2.37. The van der Waals surface area contributed by atoms with Crippen LogP contribution in [0.3, 0.4) is 0 Å². The summed E-state index contributed by atoms with van der Waals surface area (Å²) in [7, 11) is 0. The molecule has 2 fully saturated rings. The van der Waals surface area contributed by atoms with E-state index in [0.717, 1.165) is 19.4 Å². The molecule has 2 heterocycles. The lowest BCUT2D eigenvalue weighted by Crippen LogP contribution is -2.50. The standard InChI is InChI=1S/C12H16N4O3/c17-11(9-5-7-19-15-9)13-14-12(18)16-6-4-8-2-1-3-10(8)16/h5,7-8,10H,1-4,6H2,(H,13,17)(H,14,18)/t8-,10-/m0/s1. The summed E-state index contributed by atoms with van der Waals surface area (Å²) in [6, 6.07) is 1.53. The van der Waals surface area contributed by atoms with Gasteiger partial charge in [0.1, 0.15) is 6.26 Å². The van der Waals surface area contributed by atoms with Gasteiger partial charge in [-0.1, -0.05) is 11.6 Å². The van der Waals surface area contributed by atoms with E-state index in [1.807, 2.05) is 4.90 Å². The van der Waals surface area contributed by atoms with E-state index in [2.05, 4.69) is 20.5 Å². The van der Waals surface area contributed by atoms with E-state index in [-0.39, 0.29) is 11.7 Å². The highest BCUT2D eigenvalue weighted by molar-refractivity contribution is 5.93. The molecule has 0 aromatic carbocycles. The monoisotopic (exact) mass is 264 g/mol. The van der Waals surface area contributed by atoms with Crippen LogP contribution in [0, 0.1) is 5.92 Å². The van der Waals surface area contributed by atoms with Gasteiger partial charge in [0.15, 0.2) is 5.69 Å². The number of rotatable bonds is 1. The molecule has 2 N–H and O–H groups in total. The Hall–Kier alpha value is -2.05. The van der Waals surface area contributed by atoms with Gasteiger partial charge in [0.25, 0.3) is 5.91 Å². The highest BCUT2D eigenvalue weighted by Gasteiger charge is 2.39. The van der Waals surface area contributed by atoms with E-state index in [4.69, 9.17) is 0 Å². The van der Waals surface area contributed by atoms with E-state index in [0.29, 0.717) is 12.0 Å². The molecule has 19 heavy (non-hydrogen) atoms. The SMILES string of the molecule is O=C(NNC(=O)N1CC[C@@H]2CCC[C@@H]21)c1ccon1. The number of carbonyl (C=O) groups excluding carboxylic acids is 2. The zero-order chi connectivity index (χ0) is 13.2. The molecule has 7 nitrogen and oxygen atoms in total. The molecule has 3 amide bonds. The molecule has 102 valence electrons. The van der Waals surface area contributed by atoms with E-state index in [1.165, 1.54) is 25.2 Å². The number of fused-ring (bicyclic) bond motifs is 1. The second-order valence-corrected chi connectivity index (χ2v) is 5.01. The van der Waals surface area contributed by atoms with Crippen LogP contribution in [0.15, 0.2) is 16.9 Å². The van der Waals surface area contributed by atoms with Crippen LogP contribution in [0.1, 0.15) is 36.2 Å². The first-order valence-electron chi connectivity index (χ1n) is 6.53. The highest BCUT2D eigenvalue weighted by atomic mass is 16.5. The summed E-state index contributed by atoms with van der Waals surface area (Å²) in [5, 5.41) is 3.49. The van der Waals surface area contributed by atoms with Crippen molar-refractivity contribution in [1.82, 2.24) is 20.9 Å². The fourth-order valence-electron chi connectivity index (χ4n) is 3.06. The second-order valence-electron chi connectivity index (χ2n) is 5.01. The van der Waals surface area contributed by atoms with Crippen molar-refractivity contribution in [2.45, 2.75) is 31.7 Å². The molecule has 1 saturated carbocycles. The van der Waals surface area contributed by atoms with Crippen molar-refractivity contribution in [1.29, 1.82) is 0 Å². The molecule has 3 rings (SSSR count). The Bertz CT molecular complexity index is 473. The lowest BCUT2D eigenvalue weighted by molar-refractivity contribution is 0.0919. The van der Waals surface area contributed by atoms with Gasteiger partial charge in [-0.25, -0.2) is 10.2 Å². The number of hydrazine groups is 1. The molecule has 1 aliphatic carbocycles. The second kappa shape index (κ2) is 4.91. The first-order chi connectivity index (χ1) is 9.25. The smallest absolute Gasteiger partial charge is 0.336 e. The summed E-state index contributed by atoms with van der Waals surface area (Å²) in [6.07, 6.45) is 5.83. The topological polar surface area (TPSA) is 87.5 Å². The third-order valence-corrected chi connectivity index (χ3v) is 3.97. The van der Waals surface area contributed by atoms with E-state index >= 15 is 0 Å². The molecule has 1 aromatic rings. The zero-order valence-electron chi connectivity index (χ0n) is 10.5. The fraction of sp³-hybridized carbons (Fsp3) is 0.583. The number of aromatic nitrogens is 1. The van der Waals surface area contributed by atoms with Crippen molar-refractivity contribution in [2.24, 2.45) is 5.92 Å². The minimum Gasteiger partial charge on any atom is -0.364 e. The predicted octanol–water partition coefficient (Wildman–Crippen LogP) is 0.903. The van der Waals surface area contributed by atoms with Gasteiger partial charge in [-0.2, -0.15) is 0 Å². The maximum atomic E-state index is 12.0. The normalized spacial score (nSPS) is 25.2. The van der Waals surface area contributed by atoms with Gasteiger partial charge in [0.05, 0.1) is 0 Å². The van der Waals surface area contributed by atoms with Gasteiger partial charge in [-0.3, -0.25) is 10.2 Å². The van der Waals surface area contributed by atoms with Gasteiger partial charge in [0.2, 0.25) is 0 Å². The maximum Gasteiger partial charge on any atom is 0.336 e. The van der Waals surface area contributed by atoms with Crippen molar-refractivity contribution in [2.75, 3.05) is 6.54 Å². The molecular weight excluding hydrogens is 248 g/mol. The van der Waals surface area contributed by atoms with Gasteiger partial charge in [-0.15, -0.1) is 0 Å². The summed E-state index contributed by atoms with van der Waals surface area (Å²) in [5.74, 6) is 0.154. The van der Waals surface area contributed by atoms with E-state index in [9.17, 15) is 9.59 Å². The third-order valence-electron chi connectivity index (χ3n) is 3.97. The van der Waals surface area contributed by atoms with Crippen LogP contribution in [-0.4, -0.2) is 34.6 Å². The zero-order valence-corrected chi connectivity index (χ0v) is 10.5. The largest absolute Gasteiger partial charge is 0.364 e. The van der Waals surface area contributed by atoms with Crippen LogP contribution in [0.5, 0.6) is 0 Å². The molecule has 1 saturated heterocycles. The number of likely N-dealkylation sites (tertiary alicyclic amines) is 1. The number of urea groups is 1. The molecule has 2 aliphatic rings. The van der Waals surface area contributed by atoms with Crippen LogP contribution in [0.4, 0.5) is 4.79 Å². The molecule has 0 bridgehead atoms. The molecule has 1 aromatic heterocycles. The minimum absolute atomic E-state index is 0.139. The Morgan fingerprint density at radius 1 is 1.32 bits per heavy atom. The average molecular weight is 264 g/mol. The summed E-state index contributed by atoms with van der Waals surface area (Å²) < 4.78 is 4.57. The summed E-state index contributed by atoms with van der Waals surface area (Å²) >= 11 is 0. The van der Waals surface area contributed by atoms with Gasteiger partial charge in [0, 0.05) is 18.7 Å². The van der Waals surface area contributed by atoms with Gasteiger partial charge < -0.3 is 9.42 Å². The fourth-order valence-corrected chi connectivity index (χ4v) is 3.06. The predicted molar refractivity (Wildman–Crippen MR) is 65.0 cm³/mol. The van der Waals surface area contributed by atoms with Gasteiger partial charge in [-0.05, 0) is 25.2 Å². The quantitative estimate of drug-likeness (QED) is 0.738. The Balaban J connectivity index is 1.53. The first kappa shape index (κ1) is 12.0. The lowest BCUT2D eigenvalue weighted by atomic mass is 10.1.